The average Bonchev–Trinajstić information content (AvgIpc) is 0.640. The van der Waals surface area contributed by atoms with E-state index in [1.165, 1.54) is 186 Å². The van der Waals surface area contributed by atoms with Gasteiger partial charge in [0.25, 0.3) is 0 Å². The Hall–Kier alpha value is -5.46. The van der Waals surface area contributed by atoms with Gasteiger partial charge in [0.15, 0.2) is 0 Å². The molecule has 546 valence electrons. The normalized spacial score (nSPS) is 15.1. The molecule has 0 aliphatic heterocycles. The number of hydrogen-bond acceptors (Lipinski definition) is 0. The second-order valence-corrected chi connectivity index (χ2v) is 38.2. The fraction of sp³-hybridized carbons (Fsp3) is 0.588. The Kier molecular flexibility index (Phi) is 23.7. The summed E-state index contributed by atoms with van der Waals surface area (Å²) in [7, 11) is 0. The van der Waals surface area contributed by atoms with E-state index in [1.54, 1.807) is 130 Å². The van der Waals surface area contributed by atoms with Gasteiger partial charge in [0, 0.05) is 0 Å². The van der Waals surface area contributed by atoms with E-state index >= 15 is 0 Å². The summed E-state index contributed by atoms with van der Waals surface area (Å²) in [4.78, 5) is 0. The van der Waals surface area contributed by atoms with Crippen molar-refractivity contribution in [1.29, 1.82) is 0 Å². The van der Waals surface area contributed by atoms with Crippen molar-refractivity contribution in [2.24, 2.45) is 71.0 Å². The summed E-state index contributed by atoms with van der Waals surface area (Å²) in [5.74, 6) is 8.61. The van der Waals surface area contributed by atoms with E-state index in [9.17, 15) is 0 Å². The second kappa shape index (κ2) is 32.3. The van der Waals surface area contributed by atoms with Crippen molar-refractivity contribution < 1.29 is 0 Å². The van der Waals surface area contributed by atoms with Crippen molar-refractivity contribution in [3.8, 4) is 0 Å². The van der Waals surface area contributed by atoms with Crippen molar-refractivity contribution >= 4 is 129 Å². The lowest BCUT2D eigenvalue weighted by Gasteiger charge is -2.32. The van der Waals surface area contributed by atoms with Crippen LogP contribution in [-0.2, 0) is 38.5 Å². The molecule has 0 nitrogen and oxygen atoms in total. The third kappa shape index (κ3) is 15.0. The molecule has 13 rings (SSSR count). The fourth-order valence-electron chi connectivity index (χ4n) is 20.6. The molecule has 0 N–H and O–H groups in total. The van der Waals surface area contributed by atoms with Gasteiger partial charge in [-0.25, -0.2) is 0 Å². The number of benzene rings is 13. The lowest BCUT2D eigenvalue weighted by atomic mass is 9.70. The monoisotopic (exact) mass is 1360 g/mol. The number of aryl methyl sites for hydroxylation is 6. The minimum atomic E-state index is 0.679. The maximum atomic E-state index is 2.72. The summed E-state index contributed by atoms with van der Waals surface area (Å²) in [6.45, 7) is 44.4. The summed E-state index contributed by atoms with van der Waals surface area (Å²) in [6, 6.07) is 32.5. The first-order valence-electron chi connectivity index (χ1n) is 43.3. The Labute approximate surface area is 619 Å². The van der Waals surface area contributed by atoms with E-state index in [-0.39, 0.29) is 0 Å². The zero-order valence-electron chi connectivity index (χ0n) is 68.1. The van der Waals surface area contributed by atoms with Gasteiger partial charge in [-0.2, -0.15) is 0 Å². The van der Waals surface area contributed by atoms with Crippen LogP contribution in [0, 0.1) is 71.0 Å². The SMILES string of the molecule is CC(C)CCCC(C)CCc1ccc2c3c(CCC(C)CCCC(C)C)ccc4c5c(CCC(C)CCCC(C)C)ccc6c7c(CCC(C)CCCC(C)C)ccc8c9c(CCC(C)CCCC(C)C)ccc%10c%11c(CCC(C)CCCC(C)C)ccc%12c1c2c1c(c%12%11)c(c%109)c(c87)c(c65)c1c43. The summed E-state index contributed by atoms with van der Waals surface area (Å²) in [5.41, 5.74) is 9.52. The molecule has 0 fully saturated rings. The van der Waals surface area contributed by atoms with E-state index in [0.717, 1.165) is 74.0 Å². The van der Waals surface area contributed by atoms with Gasteiger partial charge >= 0.3 is 0 Å². The Morgan fingerprint density at radius 2 is 0.284 bits per heavy atom. The number of fused-ring (bicyclic) bond motifs is 6. The Bertz CT molecular complexity index is 4020. The lowest BCUT2D eigenvalue weighted by Crippen LogP contribution is -2.07. The average molecular weight is 1360 g/mol. The van der Waals surface area contributed by atoms with Crippen LogP contribution >= 0.6 is 0 Å². The molecule has 13 aromatic carbocycles. The first-order chi connectivity index (χ1) is 49.1. The van der Waals surface area contributed by atoms with Crippen LogP contribution < -0.4 is 0 Å². The zero-order chi connectivity index (χ0) is 71.9. The fourth-order valence-corrected chi connectivity index (χ4v) is 20.6. The Morgan fingerprint density at radius 3 is 0.412 bits per heavy atom. The first kappa shape index (κ1) is 74.8. The highest BCUT2D eigenvalue weighted by atomic mass is 14.4. The van der Waals surface area contributed by atoms with Crippen LogP contribution in [-0.4, -0.2) is 0 Å². The third-order valence-corrected chi connectivity index (χ3v) is 26.7. The first-order valence-corrected chi connectivity index (χ1v) is 43.3. The Morgan fingerprint density at radius 1 is 0.147 bits per heavy atom. The van der Waals surface area contributed by atoms with Crippen molar-refractivity contribution in [1.82, 2.24) is 0 Å². The van der Waals surface area contributed by atoms with Gasteiger partial charge in [-0.05, 0) is 311 Å². The van der Waals surface area contributed by atoms with E-state index in [4.69, 9.17) is 0 Å². The minimum absolute atomic E-state index is 0.679. The molecule has 13 aromatic rings. The number of rotatable bonds is 42. The van der Waals surface area contributed by atoms with E-state index in [0.29, 0.717) is 35.5 Å². The maximum Gasteiger partial charge on any atom is -0.0000368 e. The molecule has 0 aliphatic rings. The summed E-state index contributed by atoms with van der Waals surface area (Å²) in [6.07, 6.45) is 37.9. The predicted octanol–water partition coefficient (Wildman–Crippen LogP) is 32.5. The topological polar surface area (TPSA) is 0 Å². The molecule has 0 heteroatoms. The molecular formula is C102H138. The van der Waals surface area contributed by atoms with Crippen molar-refractivity contribution in [2.45, 2.75) is 317 Å². The molecule has 0 spiro atoms. The van der Waals surface area contributed by atoms with Crippen LogP contribution in [0.15, 0.2) is 72.8 Å². The van der Waals surface area contributed by atoms with Crippen LogP contribution in [0.3, 0.4) is 0 Å². The molecule has 0 bridgehead atoms. The largest absolute Gasteiger partial charge is 0.0628 e. The van der Waals surface area contributed by atoms with Crippen molar-refractivity contribution in [2.75, 3.05) is 0 Å². The molecule has 0 saturated carbocycles. The summed E-state index contributed by atoms with van der Waals surface area (Å²) < 4.78 is 0. The van der Waals surface area contributed by atoms with Crippen LogP contribution in [0.4, 0.5) is 0 Å². The van der Waals surface area contributed by atoms with Crippen LogP contribution in [0.5, 0.6) is 0 Å². The predicted molar refractivity (Wildman–Crippen MR) is 461 cm³/mol. The quantitative estimate of drug-likeness (QED) is 0.0264. The minimum Gasteiger partial charge on any atom is -0.0628 e. The smallest absolute Gasteiger partial charge is 0.0000368 e. The highest BCUT2D eigenvalue weighted by molar-refractivity contribution is 6.61. The van der Waals surface area contributed by atoms with Gasteiger partial charge < -0.3 is 0 Å². The van der Waals surface area contributed by atoms with E-state index in [2.05, 4.69) is 197 Å². The molecule has 6 atom stereocenters. The van der Waals surface area contributed by atoms with Gasteiger partial charge in [0.2, 0.25) is 0 Å². The van der Waals surface area contributed by atoms with Gasteiger partial charge in [-0.1, -0.05) is 313 Å². The molecule has 0 heterocycles. The molecule has 102 heavy (non-hydrogen) atoms. The van der Waals surface area contributed by atoms with Crippen molar-refractivity contribution in [3.05, 3.63) is 106 Å². The van der Waals surface area contributed by atoms with Gasteiger partial charge in [-0.3, -0.25) is 0 Å². The highest BCUT2D eigenvalue weighted by Crippen LogP contribution is 2.62. The lowest BCUT2D eigenvalue weighted by molar-refractivity contribution is 0.437. The summed E-state index contributed by atoms with van der Waals surface area (Å²) >= 11 is 0. The third-order valence-electron chi connectivity index (χ3n) is 26.7. The second-order valence-electron chi connectivity index (χ2n) is 38.2. The van der Waals surface area contributed by atoms with Crippen molar-refractivity contribution in [3.63, 3.8) is 0 Å². The molecule has 6 unspecified atom stereocenters. The highest BCUT2D eigenvalue weighted by Gasteiger charge is 2.35. The van der Waals surface area contributed by atoms with Gasteiger partial charge in [0.05, 0.1) is 0 Å². The Balaban J connectivity index is 1.19. The maximum absolute atomic E-state index is 2.72. The van der Waals surface area contributed by atoms with Gasteiger partial charge in [0.1, 0.15) is 0 Å². The van der Waals surface area contributed by atoms with E-state index < -0.39 is 0 Å². The van der Waals surface area contributed by atoms with Crippen LogP contribution in [0.2, 0.25) is 0 Å². The number of hydrogen-bond donors (Lipinski definition) is 0. The van der Waals surface area contributed by atoms with E-state index in [1.807, 2.05) is 0 Å². The molecule has 0 aromatic heterocycles. The molecular weight excluding hydrogens is 1230 g/mol. The standard InChI is InChI=1S/C102H138/c1-61(2)25-19-31-67(13)37-43-73-49-55-80-86-75(45-39-69(15)33-21-27-63(5)6)51-58-82-88-77(47-41-71(17)35-23-29-65(9)10)53-59-83-90-78(48-42-72(18)36-24-30-66(11)12)54-60-84-89-76(46-40-70(16)34-22-28-64(7)8)52-57-81-87-74(44-38-68(14)32-20-26-62(3)4)50-56-79-85(73)91(80)97-98(92(79)87)100(94(81)89)102(96(84)90)101(95(83)88)99(97)93(82)86/h49-72H,19-48H2,1-18H3. The molecule has 0 aliphatic carbocycles. The summed E-state index contributed by atoms with van der Waals surface area (Å²) in [5, 5.41) is 37.9. The molecule has 0 radical (unpaired) electrons. The van der Waals surface area contributed by atoms with Gasteiger partial charge in [-0.15, -0.1) is 0 Å². The van der Waals surface area contributed by atoms with Crippen LogP contribution in [0.25, 0.3) is 129 Å². The zero-order valence-corrected chi connectivity index (χ0v) is 68.1. The van der Waals surface area contributed by atoms with Crippen LogP contribution in [0.1, 0.15) is 312 Å². The molecule has 0 saturated heterocycles. The molecule has 0 amide bonds.